The van der Waals surface area contributed by atoms with Crippen LogP contribution in [-0.2, 0) is 20.7 Å². The van der Waals surface area contributed by atoms with Crippen molar-refractivity contribution in [2.45, 2.75) is 53.9 Å². The number of anilines is 1. The smallest absolute Gasteiger partial charge is 0.313 e. The molecule has 0 aliphatic rings. The molecule has 33 heavy (non-hydrogen) atoms. The molecule has 0 aliphatic heterocycles. The van der Waals surface area contributed by atoms with Crippen molar-refractivity contribution in [3.8, 4) is 5.75 Å². The summed E-state index contributed by atoms with van der Waals surface area (Å²) in [6, 6.07) is 13.8. The Hall–Kier alpha value is -2.09. The fraction of sp³-hybridized carbons (Fsp3) is 0.481. The van der Waals surface area contributed by atoms with Gasteiger partial charge in [0.15, 0.2) is 0 Å². The second-order valence-corrected chi connectivity index (χ2v) is 10.9. The minimum Gasteiger partial charge on any atom is -0.495 e. The molecule has 6 heteroatoms. The van der Waals surface area contributed by atoms with Gasteiger partial charge in [-0.2, -0.15) is 0 Å². The van der Waals surface area contributed by atoms with E-state index in [2.05, 4.69) is 36.4 Å². The zero-order valence-corrected chi connectivity index (χ0v) is 22.9. The Morgan fingerprint density at radius 2 is 1.70 bits per heavy atom. The molecule has 5 nitrogen and oxygen atoms in total. The SMILES string of the molecule is CCOC(=O)C(Cc1ccc(I)cc1)c1ccc(OC)c(N(CC(C)C)C(=O)C(C)(C)C)c1. The molecule has 0 heterocycles. The summed E-state index contributed by atoms with van der Waals surface area (Å²) in [5.41, 5.74) is 1.98. The van der Waals surface area contributed by atoms with Gasteiger partial charge in [0.2, 0.25) is 5.91 Å². The largest absolute Gasteiger partial charge is 0.495 e. The molecule has 2 aromatic rings. The summed E-state index contributed by atoms with van der Waals surface area (Å²) in [4.78, 5) is 28.2. The number of benzene rings is 2. The topological polar surface area (TPSA) is 55.8 Å². The van der Waals surface area contributed by atoms with Gasteiger partial charge in [-0.3, -0.25) is 9.59 Å². The molecule has 1 atom stereocenters. The van der Waals surface area contributed by atoms with Crippen molar-refractivity contribution in [3.63, 3.8) is 0 Å². The third-order valence-corrected chi connectivity index (χ3v) is 5.97. The Balaban J connectivity index is 2.58. The lowest BCUT2D eigenvalue weighted by atomic mass is 9.90. The van der Waals surface area contributed by atoms with Crippen LogP contribution in [0.4, 0.5) is 5.69 Å². The monoisotopic (exact) mass is 565 g/mol. The second kappa shape index (κ2) is 11.9. The summed E-state index contributed by atoms with van der Waals surface area (Å²) >= 11 is 2.27. The molecule has 1 amide bonds. The average molecular weight is 565 g/mol. The van der Waals surface area contributed by atoms with Gasteiger partial charge in [0.1, 0.15) is 5.75 Å². The Labute approximate surface area is 212 Å². The number of nitrogens with zero attached hydrogens (tertiary/aromatic N) is 1. The Kier molecular flexibility index (Phi) is 9.76. The molecular weight excluding hydrogens is 529 g/mol. The first-order valence-corrected chi connectivity index (χ1v) is 12.5. The van der Waals surface area contributed by atoms with Gasteiger partial charge in [-0.25, -0.2) is 0 Å². The van der Waals surface area contributed by atoms with Crippen molar-refractivity contribution >= 4 is 40.2 Å². The normalized spacial score (nSPS) is 12.4. The second-order valence-electron chi connectivity index (χ2n) is 9.63. The van der Waals surface area contributed by atoms with E-state index in [0.717, 1.165) is 14.7 Å². The molecule has 1 unspecified atom stereocenters. The predicted molar refractivity (Wildman–Crippen MR) is 142 cm³/mol. The highest BCUT2D eigenvalue weighted by Crippen LogP contribution is 2.36. The number of hydrogen-bond acceptors (Lipinski definition) is 4. The molecule has 180 valence electrons. The van der Waals surface area contributed by atoms with Crippen LogP contribution in [0.15, 0.2) is 42.5 Å². The molecule has 0 N–H and O–H groups in total. The van der Waals surface area contributed by atoms with E-state index < -0.39 is 11.3 Å². The molecule has 0 radical (unpaired) electrons. The molecule has 2 rings (SSSR count). The van der Waals surface area contributed by atoms with E-state index in [1.165, 1.54) is 0 Å². The van der Waals surface area contributed by atoms with E-state index in [0.29, 0.717) is 31.0 Å². The number of ether oxygens (including phenoxy) is 2. The van der Waals surface area contributed by atoms with Crippen LogP contribution in [0.1, 0.15) is 58.6 Å². The van der Waals surface area contributed by atoms with Crippen molar-refractivity contribution in [3.05, 3.63) is 57.2 Å². The minimum atomic E-state index is -0.558. The number of hydrogen-bond donors (Lipinski definition) is 0. The summed E-state index contributed by atoms with van der Waals surface area (Å²) in [7, 11) is 1.60. The molecule has 0 bridgehead atoms. The van der Waals surface area contributed by atoms with Crippen molar-refractivity contribution in [1.82, 2.24) is 0 Å². The van der Waals surface area contributed by atoms with Crippen molar-refractivity contribution in [1.29, 1.82) is 0 Å². The Morgan fingerprint density at radius 3 is 2.21 bits per heavy atom. The van der Waals surface area contributed by atoms with Crippen LogP contribution < -0.4 is 9.64 Å². The maximum absolute atomic E-state index is 13.4. The van der Waals surface area contributed by atoms with Gasteiger partial charge >= 0.3 is 5.97 Å². The molecular formula is C27H36INO4. The Bertz CT molecular complexity index is 948. The van der Waals surface area contributed by atoms with Crippen LogP contribution >= 0.6 is 22.6 Å². The lowest BCUT2D eigenvalue weighted by molar-refractivity contribution is -0.145. The highest BCUT2D eigenvalue weighted by atomic mass is 127. The lowest BCUT2D eigenvalue weighted by Crippen LogP contribution is -2.42. The summed E-state index contributed by atoms with van der Waals surface area (Å²) in [6.07, 6.45) is 0.513. The van der Waals surface area contributed by atoms with Gasteiger partial charge in [0, 0.05) is 15.5 Å². The first kappa shape index (κ1) is 27.2. The number of carbonyl (C=O) groups excluding carboxylic acids is 2. The van der Waals surface area contributed by atoms with E-state index in [4.69, 9.17) is 9.47 Å². The van der Waals surface area contributed by atoms with E-state index in [1.54, 1.807) is 12.0 Å². The van der Waals surface area contributed by atoms with E-state index in [9.17, 15) is 9.59 Å². The van der Waals surface area contributed by atoms with Gasteiger partial charge < -0.3 is 14.4 Å². The number of carbonyl (C=O) groups is 2. The molecule has 0 spiro atoms. The van der Waals surface area contributed by atoms with Crippen LogP contribution in [-0.4, -0.2) is 32.1 Å². The summed E-state index contributed by atoms with van der Waals surface area (Å²) in [6.45, 7) is 12.6. The maximum atomic E-state index is 13.4. The van der Waals surface area contributed by atoms with Crippen molar-refractivity contribution in [2.75, 3.05) is 25.2 Å². The number of halogens is 1. The molecule has 0 saturated carbocycles. The number of amides is 1. The fourth-order valence-corrected chi connectivity index (χ4v) is 3.99. The first-order valence-electron chi connectivity index (χ1n) is 11.4. The summed E-state index contributed by atoms with van der Waals surface area (Å²) in [5.74, 6) is 0.119. The molecule has 0 saturated heterocycles. The zero-order chi connectivity index (χ0) is 24.8. The van der Waals surface area contributed by atoms with Crippen LogP contribution in [0, 0.1) is 14.9 Å². The summed E-state index contributed by atoms with van der Waals surface area (Å²) < 4.78 is 12.2. The highest BCUT2D eigenvalue weighted by molar-refractivity contribution is 14.1. The molecule has 0 fully saturated rings. The Morgan fingerprint density at radius 1 is 1.06 bits per heavy atom. The third-order valence-electron chi connectivity index (χ3n) is 5.25. The fourth-order valence-electron chi connectivity index (χ4n) is 3.63. The first-order chi connectivity index (χ1) is 15.5. The van der Waals surface area contributed by atoms with Crippen LogP contribution in [0.3, 0.4) is 0 Å². The van der Waals surface area contributed by atoms with Crippen molar-refractivity contribution < 1.29 is 19.1 Å². The van der Waals surface area contributed by atoms with E-state index in [1.807, 2.05) is 70.2 Å². The number of rotatable bonds is 9. The maximum Gasteiger partial charge on any atom is 0.313 e. The minimum absolute atomic E-state index is 0.0111. The lowest BCUT2D eigenvalue weighted by Gasteiger charge is -2.32. The quantitative estimate of drug-likeness (QED) is 0.268. The van der Waals surface area contributed by atoms with E-state index in [-0.39, 0.29) is 17.8 Å². The van der Waals surface area contributed by atoms with Crippen LogP contribution in [0.5, 0.6) is 5.75 Å². The third kappa shape index (κ3) is 7.45. The molecule has 2 aromatic carbocycles. The van der Waals surface area contributed by atoms with Gasteiger partial charge in [-0.05, 0) is 77.2 Å². The zero-order valence-electron chi connectivity index (χ0n) is 20.8. The van der Waals surface area contributed by atoms with E-state index >= 15 is 0 Å². The van der Waals surface area contributed by atoms with Gasteiger partial charge in [-0.1, -0.05) is 52.8 Å². The standard InChI is InChI=1S/C27H36INO4/c1-8-33-25(30)22(15-19-9-12-21(28)13-10-19)20-11-14-24(32-7)23(16-20)29(17-18(2)3)26(31)27(4,5)6/h9-14,16,18,22H,8,15,17H2,1-7H3. The van der Waals surface area contributed by atoms with Crippen molar-refractivity contribution in [2.24, 2.45) is 11.3 Å². The predicted octanol–water partition coefficient (Wildman–Crippen LogP) is 6.22. The number of esters is 1. The number of methoxy groups -OCH3 is 1. The van der Waals surface area contributed by atoms with Gasteiger partial charge in [-0.15, -0.1) is 0 Å². The summed E-state index contributed by atoms with van der Waals surface area (Å²) in [5, 5.41) is 0. The van der Waals surface area contributed by atoms with Gasteiger partial charge in [0.05, 0.1) is 25.3 Å². The van der Waals surface area contributed by atoms with Crippen LogP contribution in [0.2, 0.25) is 0 Å². The van der Waals surface area contributed by atoms with Gasteiger partial charge in [0.25, 0.3) is 0 Å². The molecule has 0 aliphatic carbocycles. The average Bonchev–Trinajstić information content (AvgIpc) is 2.75. The van der Waals surface area contributed by atoms with Crippen LogP contribution in [0.25, 0.3) is 0 Å². The molecule has 0 aromatic heterocycles. The highest BCUT2D eigenvalue weighted by Gasteiger charge is 2.32.